The predicted octanol–water partition coefficient (Wildman–Crippen LogP) is 2.81. The summed E-state index contributed by atoms with van der Waals surface area (Å²) < 4.78 is 1.37. The van der Waals surface area contributed by atoms with Gasteiger partial charge in [0, 0.05) is 9.61 Å². The second-order valence-corrected chi connectivity index (χ2v) is 4.92. The first kappa shape index (κ1) is 9.46. The number of fused-ring (bicyclic) bond motifs is 1. The molecule has 13 heavy (non-hydrogen) atoms. The molecule has 0 saturated heterocycles. The maximum atomic E-state index is 3.38. The van der Waals surface area contributed by atoms with Gasteiger partial charge < -0.3 is 5.32 Å². The van der Waals surface area contributed by atoms with Crippen LogP contribution in [-0.2, 0) is 6.42 Å². The first-order valence-corrected chi connectivity index (χ1v) is 5.76. The first-order chi connectivity index (χ1) is 6.22. The topological polar surface area (TPSA) is 12.0 Å². The standard InChI is InChI=1S/C11H14IN/c1-7-5-9(12)6-8-3-4-10(13-2)11(7)8/h5-6,10,13H,3-4H2,1-2H3. The molecule has 1 aliphatic rings. The lowest BCUT2D eigenvalue weighted by Gasteiger charge is -2.13. The molecule has 1 atom stereocenters. The average Bonchev–Trinajstić information content (AvgIpc) is 2.47. The highest BCUT2D eigenvalue weighted by molar-refractivity contribution is 14.1. The van der Waals surface area contributed by atoms with Gasteiger partial charge in [-0.3, -0.25) is 0 Å². The molecule has 0 fully saturated rings. The van der Waals surface area contributed by atoms with Crippen molar-refractivity contribution < 1.29 is 0 Å². The molecule has 1 nitrogen and oxygen atoms in total. The molecule has 2 rings (SSSR count). The minimum atomic E-state index is 0.590. The molecular formula is C11H14IN. The number of hydrogen-bond donors (Lipinski definition) is 1. The van der Waals surface area contributed by atoms with Crippen LogP contribution in [0.5, 0.6) is 0 Å². The molecule has 1 N–H and O–H groups in total. The van der Waals surface area contributed by atoms with Crippen molar-refractivity contribution in [3.05, 3.63) is 32.4 Å². The van der Waals surface area contributed by atoms with Crippen LogP contribution in [-0.4, -0.2) is 7.05 Å². The Morgan fingerprint density at radius 2 is 2.23 bits per heavy atom. The number of rotatable bonds is 1. The molecule has 0 spiro atoms. The van der Waals surface area contributed by atoms with E-state index in [0.717, 1.165) is 0 Å². The monoisotopic (exact) mass is 287 g/mol. The number of hydrogen-bond acceptors (Lipinski definition) is 1. The third-order valence-corrected chi connectivity index (χ3v) is 3.46. The second kappa shape index (κ2) is 3.58. The van der Waals surface area contributed by atoms with Crippen LogP contribution in [0.2, 0.25) is 0 Å². The Kier molecular flexibility index (Phi) is 2.60. The van der Waals surface area contributed by atoms with E-state index in [1.807, 2.05) is 0 Å². The van der Waals surface area contributed by atoms with Crippen molar-refractivity contribution in [1.29, 1.82) is 0 Å². The van der Waals surface area contributed by atoms with Gasteiger partial charge in [0.1, 0.15) is 0 Å². The largest absolute Gasteiger partial charge is 0.313 e. The number of nitrogens with one attached hydrogen (secondary N) is 1. The summed E-state index contributed by atoms with van der Waals surface area (Å²) >= 11 is 2.40. The smallest absolute Gasteiger partial charge is 0.0326 e. The molecule has 0 bridgehead atoms. The van der Waals surface area contributed by atoms with Gasteiger partial charge in [-0.1, -0.05) is 0 Å². The Morgan fingerprint density at radius 1 is 1.46 bits per heavy atom. The van der Waals surface area contributed by atoms with Gasteiger partial charge in [0.05, 0.1) is 0 Å². The van der Waals surface area contributed by atoms with Gasteiger partial charge in [-0.15, -0.1) is 0 Å². The van der Waals surface area contributed by atoms with Crippen molar-refractivity contribution in [2.24, 2.45) is 0 Å². The Balaban J connectivity index is 2.51. The van der Waals surface area contributed by atoms with Crippen LogP contribution in [0.4, 0.5) is 0 Å². The van der Waals surface area contributed by atoms with E-state index >= 15 is 0 Å². The van der Waals surface area contributed by atoms with E-state index < -0.39 is 0 Å². The van der Waals surface area contributed by atoms with Crippen molar-refractivity contribution in [3.63, 3.8) is 0 Å². The molecule has 0 heterocycles. The van der Waals surface area contributed by atoms with E-state index in [2.05, 4.69) is 54.0 Å². The molecule has 0 amide bonds. The number of benzene rings is 1. The van der Waals surface area contributed by atoms with E-state index in [4.69, 9.17) is 0 Å². The van der Waals surface area contributed by atoms with Crippen LogP contribution in [0.15, 0.2) is 12.1 Å². The maximum Gasteiger partial charge on any atom is 0.0326 e. The van der Waals surface area contributed by atoms with Crippen LogP contribution < -0.4 is 5.32 Å². The zero-order valence-corrected chi connectivity index (χ0v) is 10.2. The summed E-state index contributed by atoms with van der Waals surface area (Å²) in [6.07, 6.45) is 2.49. The first-order valence-electron chi connectivity index (χ1n) is 4.68. The Hall–Kier alpha value is -0.0900. The van der Waals surface area contributed by atoms with E-state index in [1.54, 1.807) is 11.1 Å². The summed E-state index contributed by atoms with van der Waals surface area (Å²) in [5, 5.41) is 3.38. The summed E-state index contributed by atoms with van der Waals surface area (Å²) in [5.74, 6) is 0. The molecule has 1 aromatic rings. The van der Waals surface area contributed by atoms with E-state index in [-0.39, 0.29) is 0 Å². The van der Waals surface area contributed by atoms with Gasteiger partial charge in [-0.25, -0.2) is 0 Å². The fourth-order valence-electron chi connectivity index (χ4n) is 2.26. The zero-order chi connectivity index (χ0) is 9.42. The third-order valence-electron chi connectivity index (χ3n) is 2.84. The molecular weight excluding hydrogens is 273 g/mol. The molecule has 1 aliphatic carbocycles. The Bertz CT molecular complexity index is 333. The highest BCUT2D eigenvalue weighted by Crippen LogP contribution is 2.34. The van der Waals surface area contributed by atoms with Crippen LogP contribution in [0.3, 0.4) is 0 Å². The lowest BCUT2D eigenvalue weighted by Crippen LogP contribution is -2.13. The summed E-state index contributed by atoms with van der Waals surface area (Å²) in [6.45, 7) is 2.22. The van der Waals surface area contributed by atoms with Crippen LogP contribution in [0, 0.1) is 10.5 Å². The van der Waals surface area contributed by atoms with Gasteiger partial charge >= 0.3 is 0 Å². The van der Waals surface area contributed by atoms with Gasteiger partial charge in [0.15, 0.2) is 0 Å². The summed E-state index contributed by atoms with van der Waals surface area (Å²) in [6, 6.07) is 5.18. The lowest BCUT2D eigenvalue weighted by atomic mass is 10.0. The highest BCUT2D eigenvalue weighted by Gasteiger charge is 2.22. The second-order valence-electron chi connectivity index (χ2n) is 3.68. The molecule has 1 aromatic carbocycles. The third kappa shape index (κ3) is 1.62. The summed E-state index contributed by atoms with van der Waals surface area (Å²) in [7, 11) is 2.05. The fourth-order valence-corrected chi connectivity index (χ4v) is 3.11. The lowest BCUT2D eigenvalue weighted by molar-refractivity contribution is 0.588. The summed E-state index contributed by atoms with van der Waals surface area (Å²) in [4.78, 5) is 0. The van der Waals surface area contributed by atoms with Gasteiger partial charge in [0.2, 0.25) is 0 Å². The molecule has 0 radical (unpaired) electrons. The van der Waals surface area contributed by atoms with Crippen molar-refractivity contribution >= 4 is 22.6 Å². The minimum absolute atomic E-state index is 0.590. The average molecular weight is 287 g/mol. The van der Waals surface area contributed by atoms with E-state index in [9.17, 15) is 0 Å². The van der Waals surface area contributed by atoms with Crippen molar-refractivity contribution in [2.45, 2.75) is 25.8 Å². The van der Waals surface area contributed by atoms with Crippen molar-refractivity contribution in [1.82, 2.24) is 5.32 Å². The van der Waals surface area contributed by atoms with Gasteiger partial charge in [0.25, 0.3) is 0 Å². The maximum absolute atomic E-state index is 3.38. The van der Waals surface area contributed by atoms with E-state index in [1.165, 1.54) is 22.0 Å². The fraction of sp³-hybridized carbons (Fsp3) is 0.455. The summed E-state index contributed by atoms with van der Waals surface area (Å²) in [5.41, 5.74) is 4.53. The van der Waals surface area contributed by atoms with Gasteiger partial charge in [-0.2, -0.15) is 0 Å². The Labute approximate surface area is 93.1 Å². The van der Waals surface area contributed by atoms with Crippen LogP contribution >= 0.6 is 22.6 Å². The predicted molar refractivity (Wildman–Crippen MR) is 64.0 cm³/mol. The molecule has 70 valence electrons. The van der Waals surface area contributed by atoms with Crippen molar-refractivity contribution in [2.75, 3.05) is 7.05 Å². The molecule has 0 aromatic heterocycles. The molecule has 0 saturated carbocycles. The van der Waals surface area contributed by atoms with Crippen LogP contribution in [0.25, 0.3) is 0 Å². The SMILES string of the molecule is CNC1CCc2cc(I)cc(C)c21. The van der Waals surface area contributed by atoms with Gasteiger partial charge in [-0.05, 0) is 78.2 Å². The van der Waals surface area contributed by atoms with E-state index in [0.29, 0.717) is 6.04 Å². The van der Waals surface area contributed by atoms with Crippen LogP contribution in [0.1, 0.15) is 29.2 Å². The highest BCUT2D eigenvalue weighted by atomic mass is 127. The zero-order valence-electron chi connectivity index (χ0n) is 8.02. The minimum Gasteiger partial charge on any atom is -0.313 e. The normalized spacial score (nSPS) is 20.4. The Morgan fingerprint density at radius 3 is 2.92 bits per heavy atom. The van der Waals surface area contributed by atoms with Crippen molar-refractivity contribution in [3.8, 4) is 0 Å². The number of aryl methyl sites for hydroxylation is 2. The molecule has 2 heteroatoms. The molecule has 1 unspecified atom stereocenters. The molecule has 0 aliphatic heterocycles. The number of halogens is 1. The quantitative estimate of drug-likeness (QED) is 0.783.